The van der Waals surface area contributed by atoms with Crippen molar-refractivity contribution in [2.75, 3.05) is 11.3 Å². The zero-order valence-electron chi connectivity index (χ0n) is 11.2. The van der Waals surface area contributed by atoms with Crippen LogP contribution in [-0.2, 0) is 16.4 Å². The summed E-state index contributed by atoms with van der Waals surface area (Å²) in [7, 11) is -3.62. The van der Waals surface area contributed by atoms with Crippen LogP contribution in [0.4, 0.5) is 5.69 Å². The van der Waals surface area contributed by atoms with Gasteiger partial charge in [0, 0.05) is 6.42 Å². The van der Waals surface area contributed by atoms with Crippen molar-refractivity contribution in [1.29, 1.82) is 0 Å². The Balaban J connectivity index is 1.96. The Morgan fingerprint density at radius 2 is 2.15 bits per heavy atom. The molecule has 0 bridgehead atoms. The number of sulfonamides is 1. The second-order valence-corrected chi connectivity index (χ2v) is 6.46. The van der Waals surface area contributed by atoms with Gasteiger partial charge in [-0.05, 0) is 37.6 Å². The van der Waals surface area contributed by atoms with Crippen molar-refractivity contribution >= 4 is 15.7 Å². The monoisotopic (exact) mass is 293 g/mol. The summed E-state index contributed by atoms with van der Waals surface area (Å²) in [5.74, 6) is 0.764. The Labute approximate surface area is 117 Å². The number of rotatable bonds is 3. The largest absolute Gasteiger partial charge is 0.493 e. The van der Waals surface area contributed by atoms with Crippen LogP contribution in [0.5, 0.6) is 5.75 Å². The maximum Gasteiger partial charge on any atom is 0.262 e. The first-order valence-electron chi connectivity index (χ1n) is 6.27. The molecule has 1 aromatic carbocycles. The Bertz CT molecular complexity index is 746. The Kier molecular flexibility index (Phi) is 2.93. The Morgan fingerprint density at radius 3 is 2.85 bits per heavy atom. The minimum absolute atomic E-state index is 0.238. The molecule has 0 unspecified atom stereocenters. The highest BCUT2D eigenvalue weighted by Crippen LogP contribution is 2.29. The van der Waals surface area contributed by atoms with E-state index in [0.717, 1.165) is 17.7 Å². The Morgan fingerprint density at radius 1 is 1.35 bits per heavy atom. The van der Waals surface area contributed by atoms with Gasteiger partial charge in [0.2, 0.25) is 0 Å². The minimum Gasteiger partial charge on any atom is -0.493 e. The number of aromatic amines is 1. The van der Waals surface area contributed by atoms with E-state index in [-0.39, 0.29) is 4.90 Å². The zero-order valence-corrected chi connectivity index (χ0v) is 12.0. The van der Waals surface area contributed by atoms with Gasteiger partial charge in [-0.15, -0.1) is 0 Å². The molecule has 3 rings (SSSR count). The Hall–Kier alpha value is -2.02. The van der Waals surface area contributed by atoms with Crippen LogP contribution >= 0.6 is 0 Å². The standard InChI is InChI=1S/C13H15N3O3S/c1-8-13(9(2)15-14-8)16-20(17,18)11-3-4-12-10(7-11)5-6-19-12/h3-4,7,16H,5-6H2,1-2H3,(H,14,15). The van der Waals surface area contributed by atoms with Crippen molar-refractivity contribution in [3.05, 3.63) is 35.2 Å². The summed E-state index contributed by atoms with van der Waals surface area (Å²) in [4.78, 5) is 0.238. The third-order valence-electron chi connectivity index (χ3n) is 3.34. The van der Waals surface area contributed by atoms with Gasteiger partial charge in [-0.3, -0.25) is 9.82 Å². The highest BCUT2D eigenvalue weighted by atomic mass is 32.2. The van der Waals surface area contributed by atoms with Gasteiger partial charge in [0.25, 0.3) is 10.0 Å². The van der Waals surface area contributed by atoms with Crippen molar-refractivity contribution in [3.63, 3.8) is 0 Å². The maximum atomic E-state index is 12.4. The molecule has 0 spiro atoms. The van der Waals surface area contributed by atoms with E-state index in [2.05, 4.69) is 14.9 Å². The van der Waals surface area contributed by atoms with Gasteiger partial charge >= 0.3 is 0 Å². The second kappa shape index (κ2) is 4.52. The van der Waals surface area contributed by atoms with Crippen LogP contribution < -0.4 is 9.46 Å². The van der Waals surface area contributed by atoms with E-state index in [4.69, 9.17) is 4.74 Å². The predicted molar refractivity (Wildman–Crippen MR) is 74.5 cm³/mol. The van der Waals surface area contributed by atoms with Gasteiger partial charge in [-0.25, -0.2) is 8.42 Å². The maximum absolute atomic E-state index is 12.4. The lowest BCUT2D eigenvalue weighted by Gasteiger charge is -2.09. The average molecular weight is 293 g/mol. The van der Waals surface area contributed by atoms with E-state index in [9.17, 15) is 8.42 Å². The molecule has 20 heavy (non-hydrogen) atoms. The predicted octanol–water partition coefficient (Wildman–Crippen LogP) is 1.76. The van der Waals surface area contributed by atoms with Crippen LogP contribution in [0, 0.1) is 13.8 Å². The first kappa shape index (κ1) is 13.0. The molecule has 2 aromatic rings. The second-order valence-electron chi connectivity index (χ2n) is 4.78. The molecule has 7 heteroatoms. The molecular weight excluding hydrogens is 278 g/mol. The number of fused-ring (bicyclic) bond motifs is 1. The molecule has 0 saturated heterocycles. The van der Waals surface area contributed by atoms with Crippen molar-refractivity contribution in [2.24, 2.45) is 0 Å². The number of nitrogens with one attached hydrogen (secondary N) is 2. The molecule has 106 valence electrons. The van der Waals surface area contributed by atoms with Crippen molar-refractivity contribution in [3.8, 4) is 5.75 Å². The van der Waals surface area contributed by atoms with E-state index >= 15 is 0 Å². The van der Waals surface area contributed by atoms with Gasteiger partial charge in [0.05, 0.1) is 28.6 Å². The fraction of sp³-hybridized carbons (Fsp3) is 0.308. The summed E-state index contributed by atoms with van der Waals surface area (Å²) in [5, 5.41) is 6.74. The van der Waals surface area contributed by atoms with Crippen LogP contribution in [0.15, 0.2) is 23.1 Å². The molecule has 0 fully saturated rings. The molecule has 0 radical (unpaired) electrons. The molecule has 2 heterocycles. The first-order chi connectivity index (χ1) is 9.47. The highest BCUT2D eigenvalue weighted by Gasteiger charge is 2.21. The molecule has 1 aromatic heterocycles. The quantitative estimate of drug-likeness (QED) is 0.903. The van der Waals surface area contributed by atoms with E-state index in [1.165, 1.54) is 0 Å². The smallest absolute Gasteiger partial charge is 0.262 e. The molecular formula is C13H15N3O3S. The van der Waals surface area contributed by atoms with E-state index < -0.39 is 10.0 Å². The van der Waals surface area contributed by atoms with E-state index in [1.54, 1.807) is 32.0 Å². The van der Waals surface area contributed by atoms with Gasteiger partial charge in [-0.1, -0.05) is 0 Å². The van der Waals surface area contributed by atoms with Crippen LogP contribution in [0.1, 0.15) is 17.0 Å². The molecule has 0 saturated carbocycles. The zero-order chi connectivity index (χ0) is 14.3. The van der Waals surface area contributed by atoms with Gasteiger partial charge < -0.3 is 4.74 Å². The topological polar surface area (TPSA) is 84.1 Å². The summed E-state index contributed by atoms with van der Waals surface area (Å²) in [6.07, 6.45) is 0.739. The first-order valence-corrected chi connectivity index (χ1v) is 7.76. The third-order valence-corrected chi connectivity index (χ3v) is 4.68. The number of hydrogen-bond donors (Lipinski definition) is 2. The number of anilines is 1. The number of nitrogens with zero attached hydrogens (tertiary/aromatic N) is 1. The molecule has 0 aliphatic carbocycles. The van der Waals surface area contributed by atoms with Crippen LogP contribution in [-0.4, -0.2) is 25.2 Å². The SMILES string of the molecule is Cc1n[nH]c(C)c1NS(=O)(=O)c1ccc2c(c1)CCO2. The summed E-state index contributed by atoms with van der Waals surface area (Å²) in [5.41, 5.74) is 2.74. The number of ether oxygens (including phenoxy) is 1. The van der Waals surface area contributed by atoms with Crippen molar-refractivity contribution < 1.29 is 13.2 Å². The summed E-state index contributed by atoms with van der Waals surface area (Å²) in [6, 6.07) is 4.92. The molecule has 0 amide bonds. The third kappa shape index (κ3) is 2.14. The van der Waals surface area contributed by atoms with Gasteiger partial charge in [-0.2, -0.15) is 5.10 Å². The number of hydrogen-bond acceptors (Lipinski definition) is 4. The van der Waals surface area contributed by atoms with Crippen molar-refractivity contribution in [2.45, 2.75) is 25.2 Å². The van der Waals surface area contributed by atoms with Gasteiger partial charge in [0.1, 0.15) is 5.75 Å². The molecule has 6 nitrogen and oxygen atoms in total. The minimum atomic E-state index is -3.62. The highest BCUT2D eigenvalue weighted by molar-refractivity contribution is 7.92. The number of H-pyrrole nitrogens is 1. The molecule has 0 atom stereocenters. The van der Waals surface area contributed by atoms with E-state index in [1.807, 2.05) is 0 Å². The fourth-order valence-electron chi connectivity index (χ4n) is 2.22. The normalized spacial score (nSPS) is 13.9. The van der Waals surface area contributed by atoms with Crippen LogP contribution in [0.3, 0.4) is 0 Å². The number of aryl methyl sites for hydroxylation is 2. The average Bonchev–Trinajstić information content (AvgIpc) is 2.99. The summed E-state index contributed by atoms with van der Waals surface area (Å²) in [6.45, 7) is 4.12. The molecule has 2 N–H and O–H groups in total. The van der Waals surface area contributed by atoms with Gasteiger partial charge in [0.15, 0.2) is 0 Å². The molecule has 1 aliphatic heterocycles. The lowest BCUT2D eigenvalue weighted by Crippen LogP contribution is -2.14. The lowest BCUT2D eigenvalue weighted by atomic mass is 10.2. The van der Waals surface area contributed by atoms with E-state index in [0.29, 0.717) is 23.7 Å². The fourth-order valence-corrected chi connectivity index (χ4v) is 3.46. The number of benzene rings is 1. The summed E-state index contributed by atoms with van der Waals surface area (Å²) >= 11 is 0. The van der Waals surface area contributed by atoms with Crippen LogP contribution in [0.2, 0.25) is 0 Å². The summed E-state index contributed by atoms with van der Waals surface area (Å²) < 4.78 is 32.8. The lowest BCUT2D eigenvalue weighted by molar-refractivity contribution is 0.356. The van der Waals surface area contributed by atoms with Crippen molar-refractivity contribution in [1.82, 2.24) is 10.2 Å². The number of aromatic nitrogens is 2. The van der Waals surface area contributed by atoms with Crippen LogP contribution in [0.25, 0.3) is 0 Å². The molecule has 1 aliphatic rings.